The Morgan fingerprint density at radius 1 is 0.950 bits per heavy atom. The van der Waals surface area contributed by atoms with Gasteiger partial charge in [0.15, 0.2) is 5.11 Å². The molecule has 2 aromatic rings. The fraction of sp³-hybridized carbons (Fsp3) is 0.235. The van der Waals surface area contributed by atoms with Crippen LogP contribution in [0.25, 0.3) is 0 Å². The predicted molar refractivity (Wildman–Crippen MR) is 88.7 cm³/mol. The first-order valence-electron chi connectivity index (χ1n) is 6.82. The summed E-state index contributed by atoms with van der Waals surface area (Å²) in [6, 6.07) is 20.8. The summed E-state index contributed by atoms with van der Waals surface area (Å²) in [5.41, 5.74) is 2.59. The van der Waals surface area contributed by atoms with Crippen LogP contribution in [0.5, 0.6) is 0 Å². The van der Waals surface area contributed by atoms with Crippen molar-refractivity contribution in [2.45, 2.75) is 13.0 Å². The molecule has 2 aromatic carbocycles. The second-order valence-corrected chi connectivity index (χ2v) is 5.20. The Balaban J connectivity index is 1.74. The summed E-state index contributed by atoms with van der Waals surface area (Å²) < 4.78 is 0. The van der Waals surface area contributed by atoms with E-state index >= 15 is 0 Å². The lowest BCUT2D eigenvalue weighted by molar-refractivity contribution is 0.489. The smallest absolute Gasteiger partial charge is 0.168 e. The van der Waals surface area contributed by atoms with Gasteiger partial charge in [-0.05, 0) is 29.8 Å². The summed E-state index contributed by atoms with van der Waals surface area (Å²) in [7, 11) is 2.02. The average Bonchev–Trinajstić information content (AvgIpc) is 2.49. The van der Waals surface area contributed by atoms with E-state index in [0.29, 0.717) is 0 Å². The number of benzene rings is 2. The van der Waals surface area contributed by atoms with E-state index in [-0.39, 0.29) is 0 Å². The minimum absolute atomic E-state index is 0.796. The van der Waals surface area contributed by atoms with E-state index in [1.165, 1.54) is 11.1 Å². The van der Waals surface area contributed by atoms with Crippen molar-refractivity contribution in [3.05, 3.63) is 71.8 Å². The third-order valence-electron chi connectivity index (χ3n) is 3.14. The molecule has 0 heterocycles. The molecule has 3 heteroatoms. The van der Waals surface area contributed by atoms with Crippen LogP contribution in [0.15, 0.2) is 60.7 Å². The molecule has 0 aromatic heterocycles. The maximum Gasteiger partial charge on any atom is 0.168 e. The second-order valence-electron chi connectivity index (χ2n) is 4.81. The molecule has 0 aliphatic carbocycles. The number of nitrogens with zero attached hydrogens (tertiary/aromatic N) is 1. The van der Waals surface area contributed by atoms with Gasteiger partial charge in [-0.25, -0.2) is 0 Å². The highest BCUT2D eigenvalue weighted by molar-refractivity contribution is 7.80. The molecule has 1 N–H and O–H groups in total. The van der Waals surface area contributed by atoms with Crippen molar-refractivity contribution in [2.75, 3.05) is 13.6 Å². The van der Waals surface area contributed by atoms with Gasteiger partial charge in [0.25, 0.3) is 0 Å². The van der Waals surface area contributed by atoms with E-state index in [1.54, 1.807) is 0 Å². The first-order chi connectivity index (χ1) is 9.75. The number of nitrogens with one attached hydrogen (secondary N) is 1. The molecule has 0 fully saturated rings. The van der Waals surface area contributed by atoms with Gasteiger partial charge in [-0.2, -0.15) is 0 Å². The Bertz CT molecular complexity index is 525. The van der Waals surface area contributed by atoms with Crippen LogP contribution in [0.1, 0.15) is 11.1 Å². The van der Waals surface area contributed by atoms with Crippen molar-refractivity contribution in [3.63, 3.8) is 0 Å². The highest BCUT2D eigenvalue weighted by atomic mass is 32.1. The maximum absolute atomic E-state index is 5.41. The van der Waals surface area contributed by atoms with Crippen molar-refractivity contribution in [3.8, 4) is 0 Å². The number of thiocarbonyl (C=S) groups is 1. The van der Waals surface area contributed by atoms with Crippen LogP contribution in [0, 0.1) is 0 Å². The molecule has 0 radical (unpaired) electrons. The van der Waals surface area contributed by atoms with E-state index in [0.717, 1.165) is 24.6 Å². The van der Waals surface area contributed by atoms with Crippen LogP contribution in [0.3, 0.4) is 0 Å². The zero-order chi connectivity index (χ0) is 14.2. The lowest BCUT2D eigenvalue weighted by atomic mass is 10.1. The second kappa shape index (κ2) is 7.65. The molecule has 0 saturated heterocycles. The lowest BCUT2D eigenvalue weighted by Crippen LogP contribution is -2.37. The van der Waals surface area contributed by atoms with E-state index in [2.05, 4.69) is 58.7 Å². The van der Waals surface area contributed by atoms with Crippen LogP contribution in [-0.2, 0) is 13.0 Å². The highest BCUT2D eigenvalue weighted by Gasteiger charge is 2.04. The molecule has 2 rings (SSSR count). The molecule has 0 saturated carbocycles. The monoisotopic (exact) mass is 284 g/mol. The molecule has 104 valence electrons. The minimum atomic E-state index is 0.796. The van der Waals surface area contributed by atoms with Crippen LogP contribution in [0.4, 0.5) is 0 Å². The Kier molecular flexibility index (Phi) is 5.56. The van der Waals surface area contributed by atoms with Gasteiger partial charge in [-0.15, -0.1) is 0 Å². The number of rotatable bonds is 5. The minimum Gasteiger partial charge on any atom is -0.362 e. The van der Waals surface area contributed by atoms with E-state index < -0.39 is 0 Å². The first kappa shape index (κ1) is 14.5. The summed E-state index contributed by atoms with van der Waals surface area (Å²) in [6.45, 7) is 1.69. The molecule has 0 atom stereocenters. The summed E-state index contributed by atoms with van der Waals surface area (Å²) in [5, 5.41) is 4.10. The average molecular weight is 284 g/mol. The van der Waals surface area contributed by atoms with Gasteiger partial charge >= 0.3 is 0 Å². The lowest BCUT2D eigenvalue weighted by Gasteiger charge is -2.21. The van der Waals surface area contributed by atoms with Crippen molar-refractivity contribution < 1.29 is 0 Å². The number of hydrogen-bond donors (Lipinski definition) is 1. The fourth-order valence-electron chi connectivity index (χ4n) is 2.02. The van der Waals surface area contributed by atoms with Gasteiger partial charge in [0, 0.05) is 20.1 Å². The zero-order valence-electron chi connectivity index (χ0n) is 11.8. The van der Waals surface area contributed by atoms with Gasteiger partial charge in [-0.3, -0.25) is 0 Å². The molecule has 0 spiro atoms. The third-order valence-corrected chi connectivity index (χ3v) is 3.60. The Morgan fingerprint density at radius 2 is 1.50 bits per heavy atom. The highest BCUT2D eigenvalue weighted by Crippen LogP contribution is 2.03. The van der Waals surface area contributed by atoms with Gasteiger partial charge in [0.2, 0.25) is 0 Å². The molecule has 0 aliphatic heterocycles. The van der Waals surface area contributed by atoms with Crippen LogP contribution >= 0.6 is 12.2 Å². The normalized spacial score (nSPS) is 10.1. The molecule has 20 heavy (non-hydrogen) atoms. The molecule has 2 nitrogen and oxygen atoms in total. The van der Waals surface area contributed by atoms with Crippen LogP contribution < -0.4 is 5.32 Å². The Hall–Kier alpha value is -1.87. The van der Waals surface area contributed by atoms with Crippen molar-refractivity contribution in [1.82, 2.24) is 10.2 Å². The standard InChI is InChI=1S/C17H20N2S/c1-19(14-16-10-6-3-7-11-16)17(20)18-13-12-15-8-4-2-5-9-15/h2-11H,12-14H2,1H3,(H,18,20). The van der Waals surface area contributed by atoms with E-state index in [1.807, 2.05) is 19.2 Å². The summed E-state index contributed by atoms with van der Waals surface area (Å²) in [5.74, 6) is 0. The quantitative estimate of drug-likeness (QED) is 0.849. The van der Waals surface area contributed by atoms with Crippen molar-refractivity contribution in [1.29, 1.82) is 0 Å². The SMILES string of the molecule is CN(Cc1ccccc1)C(=S)NCCc1ccccc1. The molecule has 0 amide bonds. The first-order valence-corrected chi connectivity index (χ1v) is 7.23. The largest absolute Gasteiger partial charge is 0.362 e. The third kappa shape index (κ3) is 4.67. The number of hydrogen-bond acceptors (Lipinski definition) is 1. The summed E-state index contributed by atoms with van der Waals surface area (Å²) in [6.07, 6.45) is 0.986. The summed E-state index contributed by atoms with van der Waals surface area (Å²) in [4.78, 5) is 2.07. The van der Waals surface area contributed by atoms with E-state index in [4.69, 9.17) is 12.2 Å². The van der Waals surface area contributed by atoms with Crippen molar-refractivity contribution >= 4 is 17.3 Å². The van der Waals surface area contributed by atoms with Gasteiger partial charge in [0.05, 0.1) is 0 Å². The predicted octanol–water partition coefficient (Wildman–Crippen LogP) is 3.24. The van der Waals surface area contributed by atoms with Gasteiger partial charge < -0.3 is 10.2 Å². The molecule has 0 aliphatic rings. The summed E-state index contributed by atoms with van der Waals surface area (Å²) >= 11 is 5.41. The van der Waals surface area contributed by atoms with E-state index in [9.17, 15) is 0 Å². The molecular formula is C17H20N2S. The Labute approximate surface area is 126 Å². The topological polar surface area (TPSA) is 15.3 Å². The molecule has 0 unspecified atom stereocenters. The fourth-order valence-corrected chi connectivity index (χ4v) is 2.19. The van der Waals surface area contributed by atoms with Gasteiger partial charge in [0.1, 0.15) is 0 Å². The van der Waals surface area contributed by atoms with Crippen LogP contribution in [-0.4, -0.2) is 23.6 Å². The maximum atomic E-state index is 5.41. The van der Waals surface area contributed by atoms with Gasteiger partial charge in [-0.1, -0.05) is 60.7 Å². The van der Waals surface area contributed by atoms with Crippen molar-refractivity contribution in [2.24, 2.45) is 0 Å². The van der Waals surface area contributed by atoms with Crippen LogP contribution in [0.2, 0.25) is 0 Å². The molecular weight excluding hydrogens is 264 g/mol. The molecule has 0 bridgehead atoms. The zero-order valence-corrected chi connectivity index (χ0v) is 12.6. The Morgan fingerprint density at radius 3 is 2.10 bits per heavy atom.